The van der Waals surface area contributed by atoms with Gasteiger partial charge in [-0.1, -0.05) is 52.3 Å². The van der Waals surface area contributed by atoms with Crippen molar-refractivity contribution in [3.05, 3.63) is 54.1 Å². The van der Waals surface area contributed by atoms with Crippen LogP contribution in [0, 0.1) is 5.41 Å². The van der Waals surface area contributed by atoms with Crippen molar-refractivity contribution in [2.45, 2.75) is 32.0 Å². The van der Waals surface area contributed by atoms with Gasteiger partial charge in [-0.3, -0.25) is 4.79 Å². The maximum absolute atomic E-state index is 11.1. The van der Waals surface area contributed by atoms with Crippen LogP contribution in [0.25, 0.3) is 11.1 Å². The van der Waals surface area contributed by atoms with E-state index in [1.807, 2.05) is 18.2 Å². The lowest BCUT2D eigenvalue weighted by Gasteiger charge is -2.18. The molecule has 0 atom stereocenters. The number of ether oxygens (including phenoxy) is 1. The smallest absolute Gasteiger partial charge is 0.309 e. The summed E-state index contributed by atoms with van der Waals surface area (Å²) in [6, 6.07) is 16.4. The second kappa shape index (κ2) is 8.34. The van der Waals surface area contributed by atoms with Gasteiger partial charge in [-0.15, -0.1) is 0 Å². The predicted octanol–water partition coefficient (Wildman–Crippen LogP) is 5.52. The van der Waals surface area contributed by atoms with Crippen LogP contribution in [0.5, 0.6) is 5.75 Å². The van der Waals surface area contributed by atoms with E-state index in [0.717, 1.165) is 22.2 Å². The van der Waals surface area contributed by atoms with Crippen molar-refractivity contribution in [2.75, 3.05) is 6.61 Å². The van der Waals surface area contributed by atoms with Crippen molar-refractivity contribution in [2.24, 2.45) is 5.41 Å². The fourth-order valence-electron chi connectivity index (χ4n) is 2.36. The molecule has 128 valence electrons. The molecule has 0 aromatic heterocycles. The summed E-state index contributed by atoms with van der Waals surface area (Å²) in [6.07, 6.45) is 1.31. The maximum Gasteiger partial charge on any atom is 0.309 e. The molecule has 0 aliphatic carbocycles. The van der Waals surface area contributed by atoms with Gasteiger partial charge < -0.3 is 9.84 Å². The Morgan fingerprint density at radius 3 is 2.46 bits per heavy atom. The molecule has 24 heavy (non-hydrogen) atoms. The number of carboxylic acid groups (broad SMARTS) is 1. The minimum atomic E-state index is -0.767. The van der Waals surface area contributed by atoms with Crippen molar-refractivity contribution in [3.8, 4) is 16.9 Å². The number of carbonyl (C=O) groups is 1. The summed E-state index contributed by atoms with van der Waals surface area (Å²) < 4.78 is 5.79. The number of hydrogen-bond donors (Lipinski definition) is 1. The molecular weight excluding hydrogens is 368 g/mol. The largest absolute Gasteiger partial charge is 0.494 e. The zero-order chi connectivity index (χ0) is 17.6. The number of alkyl halides is 1. The van der Waals surface area contributed by atoms with Crippen molar-refractivity contribution in [1.29, 1.82) is 0 Å². The van der Waals surface area contributed by atoms with Crippen LogP contribution >= 0.6 is 15.9 Å². The number of halogens is 1. The second-order valence-electron chi connectivity index (χ2n) is 6.50. The van der Waals surface area contributed by atoms with Gasteiger partial charge in [-0.05, 0) is 55.5 Å². The number of rotatable bonds is 8. The molecule has 0 saturated heterocycles. The first kappa shape index (κ1) is 18.5. The van der Waals surface area contributed by atoms with Crippen LogP contribution < -0.4 is 4.74 Å². The molecule has 4 heteroatoms. The Balaban J connectivity index is 1.94. The van der Waals surface area contributed by atoms with Crippen LogP contribution in [-0.4, -0.2) is 17.7 Å². The highest BCUT2D eigenvalue weighted by atomic mass is 79.9. The fourth-order valence-corrected chi connectivity index (χ4v) is 2.74. The SMILES string of the molecule is CC(C)(CCCOc1cccc(-c2ccc(CBr)cc2)c1)C(=O)O. The van der Waals surface area contributed by atoms with E-state index in [4.69, 9.17) is 9.84 Å². The third-order valence-corrected chi connectivity index (χ3v) is 4.72. The first-order chi connectivity index (χ1) is 11.4. The van der Waals surface area contributed by atoms with Gasteiger partial charge in [0.1, 0.15) is 5.75 Å². The Morgan fingerprint density at radius 2 is 1.83 bits per heavy atom. The van der Waals surface area contributed by atoms with E-state index in [-0.39, 0.29) is 0 Å². The molecule has 0 amide bonds. The highest BCUT2D eigenvalue weighted by molar-refractivity contribution is 9.08. The number of carboxylic acids is 1. The number of aliphatic carboxylic acids is 1. The molecule has 0 aliphatic rings. The molecule has 0 aliphatic heterocycles. The topological polar surface area (TPSA) is 46.5 Å². The van der Waals surface area contributed by atoms with Crippen LogP contribution in [0.3, 0.4) is 0 Å². The highest BCUT2D eigenvalue weighted by Crippen LogP contribution is 2.26. The summed E-state index contributed by atoms with van der Waals surface area (Å²) in [6.45, 7) is 4.00. The second-order valence-corrected chi connectivity index (χ2v) is 7.06. The number of hydrogen-bond acceptors (Lipinski definition) is 2. The van der Waals surface area contributed by atoms with Crippen LogP contribution in [0.15, 0.2) is 48.5 Å². The van der Waals surface area contributed by atoms with Crippen molar-refractivity contribution in [1.82, 2.24) is 0 Å². The minimum Gasteiger partial charge on any atom is -0.494 e. The molecular formula is C20H23BrO3. The third-order valence-electron chi connectivity index (χ3n) is 4.07. The summed E-state index contributed by atoms with van der Waals surface area (Å²) in [5, 5.41) is 9.96. The van der Waals surface area contributed by atoms with Crippen molar-refractivity contribution >= 4 is 21.9 Å². The van der Waals surface area contributed by atoms with Gasteiger partial charge in [0, 0.05) is 5.33 Å². The van der Waals surface area contributed by atoms with E-state index < -0.39 is 11.4 Å². The highest BCUT2D eigenvalue weighted by Gasteiger charge is 2.26. The van der Waals surface area contributed by atoms with Gasteiger partial charge in [-0.2, -0.15) is 0 Å². The molecule has 0 saturated carbocycles. The Hall–Kier alpha value is -1.81. The summed E-state index contributed by atoms with van der Waals surface area (Å²) in [4.78, 5) is 11.1. The molecule has 3 nitrogen and oxygen atoms in total. The fraction of sp³-hybridized carbons (Fsp3) is 0.350. The zero-order valence-corrected chi connectivity index (χ0v) is 15.7. The van der Waals surface area contributed by atoms with E-state index in [2.05, 4.69) is 46.3 Å². The van der Waals surface area contributed by atoms with Crippen LogP contribution in [-0.2, 0) is 10.1 Å². The lowest BCUT2D eigenvalue weighted by atomic mass is 9.88. The normalized spacial score (nSPS) is 11.3. The molecule has 2 aromatic carbocycles. The van der Waals surface area contributed by atoms with Crippen molar-refractivity contribution in [3.63, 3.8) is 0 Å². The molecule has 0 unspecified atom stereocenters. The first-order valence-corrected chi connectivity index (χ1v) is 9.16. The summed E-state index contributed by atoms with van der Waals surface area (Å²) in [5.74, 6) is 0.0432. The van der Waals surface area contributed by atoms with Crippen LogP contribution in [0.2, 0.25) is 0 Å². The average molecular weight is 391 g/mol. The van der Waals surface area contributed by atoms with E-state index in [9.17, 15) is 4.79 Å². The minimum absolute atomic E-state index is 0.517. The molecule has 0 radical (unpaired) electrons. The Morgan fingerprint density at radius 1 is 1.12 bits per heavy atom. The quantitative estimate of drug-likeness (QED) is 0.476. The molecule has 1 N–H and O–H groups in total. The third kappa shape index (κ3) is 5.10. The van der Waals surface area contributed by atoms with Gasteiger partial charge in [-0.25, -0.2) is 0 Å². The Labute approximate surface area is 151 Å². The molecule has 2 rings (SSSR count). The van der Waals surface area contributed by atoms with Gasteiger partial charge in [0.15, 0.2) is 0 Å². The molecule has 0 spiro atoms. The van der Waals surface area contributed by atoms with Crippen LogP contribution in [0.1, 0.15) is 32.3 Å². The van der Waals surface area contributed by atoms with Crippen LogP contribution in [0.4, 0.5) is 0 Å². The number of benzene rings is 2. The monoisotopic (exact) mass is 390 g/mol. The van der Waals surface area contributed by atoms with Crippen molar-refractivity contribution < 1.29 is 14.6 Å². The Kier molecular flexibility index (Phi) is 6.44. The van der Waals surface area contributed by atoms with Gasteiger partial charge >= 0.3 is 5.97 Å². The standard InChI is InChI=1S/C20H23BrO3/c1-20(2,19(22)23)11-4-12-24-18-6-3-5-17(13-18)16-9-7-15(14-21)8-10-16/h3,5-10,13H,4,11-12,14H2,1-2H3,(H,22,23). The van der Waals surface area contributed by atoms with E-state index in [1.54, 1.807) is 13.8 Å². The lowest BCUT2D eigenvalue weighted by Crippen LogP contribution is -2.24. The maximum atomic E-state index is 11.1. The lowest BCUT2D eigenvalue weighted by molar-refractivity contribution is -0.147. The Bertz CT molecular complexity index is 678. The van der Waals surface area contributed by atoms with E-state index in [1.165, 1.54) is 5.56 Å². The molecule has 2 aromatic rings. The zero-order valence-electron chi connectivity index (χ0n) is 14.1. The predicted molar refractivity (Wildman–Crippen MR) is 101 cm³/mol. The summed E-state index contributed by atoms with van der Waals surface area (Å²) in [7, 11) is 0. The van der Waals surface area contributed by atoms with E-state index in [0.29, 0.717) is 19.4 Å². The summed E-state index contributed by atoms with van der Waals surface area (Å²) >= 11 is 3.45. The average Bonchev–Trinajstić information content (AvgIpc) is 2.59. The van der Waals surface area contributed by atoms with Gasteiger partial charge in [0.05, 0.1) is 12.0 Å². The molecule has 0 fully saturated rings. The molecule has 0 heterocycles. The van der Waals surface area contributed by atoms with E-state index >= 15 is 0 Å². The first-order valence-electron chi connectivity index (χ1n) is 8.04. The molecule has 0 bridgehead atoms. The van der Waals surface area contributed by atoms with Gasteiger partial charge in [0.25, 0.3) is 0 Å². The summed E-state index contributed by atoms with van der Waals surface area (Å²) in [5.41, 5.74) is 2.80. The van der Waals surface area contributed by atoms with Gasteiger partial charge in [0.2, 0.25) is 0 Å².